The largest absolute Gasteiger partial charge is 0.397 e. The highest BCUT2D eigenvalue weighted by Crippen LogP contribution is 2.51. The van der Waals surface area contributed by atoms with Gasteiger partial charge in [-0.1, -0.05) is 12.8 Å². The Balaban J connectivity index is 1.96. The van der Waals surface area contributed by atoms with Gasteiger partial charge in [0.05, 0.1) is 9.47 Å². The first-order valence-electron chi connectivity index (χ1n) is 5.76. The number of fused-ring (bicyclic) bond motifs is 1. The van der Waals surface area contributed by atoms with Crippen LogP contribution >= 0.6 is 27.3 Å². The van der Waals surface area contributed by atoms with Crippen LogP contribution in [-0.4, -0.2) is 0 Å². The van der Waals surface area contributed by atoms with Gasteiger partial charge in [-0.3, -0.25) is 0 Å². The molecular weight excluding hydrogens is 270 g/mol. The molecule has 2 aliphatic rings. The third-order valence-corrected chi connectivity index (χ3v) is 6.14. The van der Waals surface area contributed by atoms with Gasteiger partial charge in [0.2, 0.25) is 0 Å². The highest BCUT2D eigenvalue weighted by molar-refractivity contribution is 9.11. The van der Waals surface area contributed by atoms with E-state index >= 15 is 0 Å². The number of anilines is 1. The second-order valence-electron chi connectivity index (χ2n) is 5.08. The Morgan fingerprint density at radius 2 is 1.93 bits per heavy atom. The SMILES string of the molecule is Nc1c(Br)sc2c1CCC1(CCCC1)C2. The van der Waals surface area contributed by atoms with Crippen molar-refractivity contribution < 1.29 is 0 Å². The number of thiophene rings is 1. The summed E-state index contributed by atoms with van der Waals surface area (Å²) in [6.07, 6.45) is 9.65. The second kappa shape index (κ2) is 3.49. The summed E-state index contributed by atoms with van der Waals surface area (Å²) >= 11 is 5.44. The normalized spacial score (nSPS) is 23.3. The van der Waals surface area contributed by atoms with Crippen molar-refractivity contribution in [1.82, 2.24) is 0 Å². The van der Waals surface area contributed by atoms with Crippen LogP contribution in [0.1, 0.15) is 42.5 Å². The van der Waals surface area contributed by atoms with Gasteiger partial charge in [0.15, 0.2) is 0 Å². The second-order valence-corrected chi connectivity index (χ2v) is 7.50. The van der Waals surface area contributed by atoms with E-state index in [1.54, 1.807) is 4.88 Å². The van der Waals surface area contributed by atoms with Gasteiger partial charge in [-0.15, -0.1) is 11.3 Å². The quantitative estimate of drug-likeness (QED) is 0.762. The summed E-state index contributed by atoms with van der Waals surface area (Å²) in [5.41, 5.74) is 9.20. The summed E-state index contributed by atoms with van der Waals surface area (Å²) in [5.74, 6) is 0. The molecule has 2 N–H and O–H groups in total. The highest BCUT2D eigenvalue weighted by atomic mass is 79.9. The number of rotatable bonds is 0. The van der Waals surface area contributed by atoms with Gasteiger partial charge in [-0.25, -0.2) is 0 Å². The third kappa shape index (κ3) is 1.55. The van der Waals surface area contributed by atoms with Crippen LogP contribution in [0, 0.1) is 5.41 Å². The molecule has 1 saturated carbocycles. The Labute approximate surface area is 103 Å². The minimum absolute atomic E-state index is 0.656. The molecule has 1 aromatic heterocycles. The van der Waals surface area contributed by atoms with Crippen molar-refractivity contribution in [2.75, 3.05) is 5.73 Å². The van der Waals surface area contributed by atoms with Crippen LogP contribution in [0.3, 0.4) is 0 Å². The number of hydrogen-bond donors (Lipinski definition) is 1. The van der Waals surface area contributed by atoms with Crippen LogP contribution in [0.2, 0.25) is 0 Å². The molecular formula is C12H16BrNS. The van der Waals surface area contributed by atoms with Gasteiger partial charge >= 0.3 is 0 Å². The van der Waals surface area contributed by atoms with Gasteiger partial charge in [0.25, 0.3) is 0 Å². The van der Waals surface area contributed by atoms with Crippen LogP contribution in [0.25, 0.3) is 0 Å². The molecule has 82 valence electrons. The summed E-state index contributed by atoms with van der Waals surface area (Å²) < 4.78 is 1.16. The summed E-state index contributed by atoms with van der Waals surface area (Å²) in [6, 6.07) is 0. The fourth-order valence-electron chi connectivity index (χ4n) is 3.28. The molecule has 0 saturated heterocycles. The summed E-state index contributed by atoms with van der Waals surface area (Å²) in [4.78, 5) is 1.56. The molecule has 0 aromatic carbocycles. The van der Waals surface area contributed by atoms with Gasteiger partial charge in [-0.2, -0.15) is 0 Å². The monoisotopic (exact) mass is 285 g/mol. The number of hydrogen-bond acceptors (Lipinski definition) is 2. The van der Waals surface area contributed by atoms with Crippen LogP contribution < -0.4 is 5.73 Å². The topological polar surface area (TPSA) is 26.0 Å². The maximum absolute atomic E-state index is 6.07. The molecule has 0 aliphatic heterocycles. The first-order chi connectivity index (χ1) is 7.20. The molecule has 1 nitrogen and oxygen atoms in total. The van der Waals surface area contributed by atoms with Crippen molar-refractivity contribution in [3.8, 4) is 0 Å². The standard InChI is InChI=1S/C12H16BrNS/c13-11-10(14)8-3-6-12(4-1-2-5-12)7-9(8)15-11/h1-7,14H2. The first-order valence-corrected chi connectivity index (χ1v) is 7.37. The number of nitrogen functional groups attached to an aromatic ring is 1. The van der Waals surface area contributed by atoms with E-state index in [9.17, 15) is 0 Å². The van der Waals surface area contributed by atoms with Crippen LogP contribution in [0.5, 0.6) is 0 Å². The zero-order valence-corrected chi connectivity index (χ0v) is 11.2. The predicted molar refractivity (Wildman–Crippen MR) is 69.4 cm³/mol. The maximum atomic E-state index is 6.07. The van der Waals surface area contributed by atoms with E-state index in [0.717, 1.165) is 9.47 Å². The molecule has 2 aliphatic carbocycles. The van der Waals surface area contributed by atoms with E-state index < -0.39 is 0 Å². The Hall–Kier alpha value is -0.0200. The maximum Gasteiger partial charge on any atom is 0.0933 e. The zero-order chi connectivity index (χ0) is 10.5. The average molecular weight is 286 g/mol. The molecule has 1 heterocycles. The Morgan fingerprint density at radius 1 is 1.20 bits per heavy atom. The van der Waals surface area contributed by atoms with Crippen LogP contribution in [0.4, 0.5) is 5.69 Å². The van der Waals surface area contributed by atoms with Crippen molar-refractivity contribution >= 4 is 33.0 Å². The van der Waals surface area contributed by atoms with E-state index in [4.69, 9.17) is 5.73 Å². The van der Waals surface area contributed by atoms with Gasteiger partial charge < -0.3 is 5.73 Å². The van der Waals surface area contributed by atoms with E-state index in [1.807, 2.05) is 11.3 Å². The van der Waals surface area contributed by atoms with Crippen molar-refractivity contribution in [3.63, 3.8) is 0 Å². The van der Waals surface area contributed by atoms with Gasteiger partial charge in [0, 0.05) is 4.88 Å². The molecule has 0 unspecified atom stereocenters. The third-order valence-electron chi connectivity index (χ3n) is 4.19. The molecule has 15 heavy (non-hydrogen) atoms. The lowest BCUT2D eigenvalue weighted by atomic mass is 9.73. The van der Waals surface area contributed by atoms with Gasteiger partial charge in [0.1, 0.15) is 0 Å². The Morgan fingerprint density at radius 3 is 2.67 bits per heavy atom. The van der Waals surface area contributed by atoms with Crippen LogP contribution in [0.15, 0.2) is 3.79 Å². The Kier molecular flexibility index (Phi) is 2.36. The molecule has 0 atom stereocenters. The minimum atomic E-state index is 0.656. The number of halogens is 1. The molecule has 0 amide bonds. The van der Waals surface area contributed by atoms with Gasteiger partial charge in [-0.05, 0) is 59.0 Å². The molecule has 0 radical (unpaired) electrons. The Bertz CT molecular complexity index is 391. The average Bonchev–Trinajstić information content (AvgIpc) is 2.75. The van der Waals surface area contributed by atoms with E-state index in [0.29, 0.717) is 5.41 Å². The fourth-order valence-corrected chi connectivity index (χ4v) is 5.27. The minimum Gasteiger partial charge on any atom is -0.397 e. The van der Waals surface area contributed by atoms with E-state index in [2.05, 4.69) is 15.9 Å². The first kappa shape index (κ1) is 10.2. The summed E-state index contributed by atoms with van der Waals surface area (Å²) in [6.45, 7) is 0. The van der Waals surface area contributed by atoms with Crippen molar-refractivity contribution in [2.24, 2.45) is 5.41 Å². The lowest BCUT2D eigenvalue weighted by Gasteiger charge is -2.33. The lowest BCUT2D eigenvalue weighted by Crippen LogP contribution is -2.24. The van der Waals surface area contributed by atoms with E-state index in [-0.39, 0.29) is 0 Å². The molecule has 3 rings (SSSR count). The zero-order valence-electron chi connectivity index (χ0n) is 8.81. The van der Waals surface area contributed by atoms with Crippen molar-refractivity contribution in [2.45, 2.75) is 44.9 Å². The fraction of sp³-hybridized carbons (Fsp3) is 0.667. The summed E-state index contributed by atoms with van der Waals surface area (Å²) in [5, 5.41) is 0. The molecule has 1 fully saturated rings. The molecule has 1 spiro atoms. The molecule has 1 aromatic rings. The highest BCUT2D eigenvalue weighted by Gasteiger charge is 2.38. The smallest absolute Gasteiger partial charge is 0.0933 e. The van der Waals surface area contributed by atoms with Crippen molar-refractivity contribution in [3.05, 3.63) is 14.2 Å². The van der Waals surface area contributed by atoms with E-state index in [1.165, 1.54) is 50.5 Å². The lowest BCUT2D eigenvalue weighted by molar-refractivity contribution is 0.258. The number of nitrogens with two attached hydrogens (primary N) is 1. The predicted octanol–water partition coefficient (Wildman–Crippen LogP) is 4.14. The van der Waals surface area contributed by atoms with Crippen LogP contribution in [-0.2, 0) is 12.8 Å². The van der Waals surface area contributed by atoms with Crippen molar-refractivity contribution in [1.29, 1.82) is 0 Å². The molecule has 0 bridgehead atoms. The summed E-state index contributed by atoms with van der Waals surface area (Å²) in [7, 11) is 0. The molecule has 3 heteroatoms.